The van der Waals surface area contributed by atoms with Crippen LogP contribution < -0.4 is 5.73 Å². The van der Waals surface area contributed by atoms with Gasteiger partial charge in [-0.2, -0.15) is 0 Å². The Labute approximate surface area is 108 Å². The van der Waals surface area contributed by atoms with E-state index in [2.05, 4.69) is 18.4 Å². The molecule has 0 bridgehead atoms. The zero-order valence-electron chi connectivity index (χ0n) is 10.9. The van der Waals surface area contributed by atoms with E-state index in [-0.39, 0.29) is 11.9 Å². The molecule has 2 atom stereocenters. The monoisotopic (exact) mass is 248 g/mol. The Kier molecular flexibility index (Phi) is 4.02. The smallest absolute Gasteiger partial charge is 0.123 e. The molecule has 0 amide bonds. The molecule has 2 unspecified atom stereocenters. The predicted molar refractivity (Wildman–Crippen MR) is 72.5 cm³/mol. The third-order valence-corrected chi connectivity index (χ3v) is 3.58. The maximum atomic E-state index is 13.1. The normalized spacial score (nSPS) is 20.1. The molecule has 0 aromatic heterocycles. The Morgan fingerprint density at radius 1 is 1.50 bits per heavy atom. The summed E-state index contributed by atoms with van der Waals surface area (Å²) in [6.07, 6.45) is 3.19. The lowest BCUT2D eigenvalue weighted by molar-refractivity contribution is 0.457. The molecule has 3 heteroatoms. The van der Waals surface area contributed by atoms with Crippen LogP contribution in [0.3, 0.4) is 0 Å². The fraction of sp³-hybridized carbons (Fsp3) is 0.467. The minimum absolute atomic E-state index is 0.101. The number of nitrogens with two attached hydrogens (primary N) is 1. The van der Waals surface area contributed by atoms with Gasteiger partial charge < -0.3 is 10.6 Å². The minimum Gasteiger partial charge on any atom is -0.365 e. The van der Waals surface area contributed by atoms with Gasteiger partial charge in [-0.1, -0.05) is 32.1 Å². The SMILES string of the molecule is C=C1C(CCC)N1CCC(N)c1cccc(F)c1. The molecule has 0 spiro atoms. The van der Waals surface area contributed by atoms with E-state index in [9.17, 15) is 4.39 Å². The summed E-state index contributed by atoms with van der Waals surface area (Å²) >= 11 is 0. The molecule has 18 heavy (non-hydrogen) atoms. The van der Waals surface area contributed by atoms with Crippen molar-refractivity contribution in [3.63, 3.8) is 0 Å². The van der Waals surface area contributed by atoms with Crippen LogP contribution in [-0.4, -0.2) is 17.5 Å². The van der Waals surface area contributed by atoms with Crippen molar-refractivity contribution < 1.29 is 4.39 Å². The van der Waals surface area contributed by atoms with Crippen molar-refractivity contribution in [3.05, 3.63) is 47.9 Å². The second-order valence-corrected chi connectivity index (χ2v) is 4.94. The van der Waals surface area contributed by atoms with Gasteiger partial charge in [-0.15, -0.1) is 0 Å². The Balaban J connectivity index is 1.82. The molecule has 2 nitrogen and oxygen atoms in total. The zero-order chi connectivity index (χ0) is 13.1. The molecule has 1 aromatic carbocycles. The number of benzene rings is 1. The Bertz CT molecular complexity index is 430. The molecule has 0 radical (unpaired) electrons. The van der Waals surface area contributed by atoms with Crippen LogP contribution in [0.25, 0.3) is 0 Å². The molecule has 2 rings (SSSR count). The fourth-order valence-corrected chi connectivity index (χ4v) is 2.41. The molecular formula is C15H21FN2. The molecule has 1 aliphatic heterocycles. The average molecular weight is 248 g/mol. The van der Waals surface area contributed by atoms with Crippen molar-refractivity contribution in [2.45, 2.75) is 38.3 Å². The first-order valence-corrected chi connectivity index (χ1v) is 6.60. The minimum atomic E-state index is -0.219. The van der Waals surface area contributed by atoms with Gasteiger partial charge in [-0.05, 0) is 30.5 Å². The van der Waals surface area contributed by atoms with Gasteiger partial charge in [0, 0.05) is 18.3 Å². The van der Waals surface area contributed by atoms with Crippen molar-refractivity contribution in [3.8, 4) is 0 Å². The van der Waals surface area contributed by atoms with E-state index in [1.165, 1.54) is 30.7 Å². The van der Waals surface area contributed by atoms with E-state index in [4.69, 9.17) is 5.73 Å². The molecule has 0 saturated carbocycles. The van der Waals surface area contributed by atoms with Crippen LogP contribution in [0, 0.1) is 5.82 Å². The summed E-state index contributed by atoms with van der Waals surface area (Å²) in [5, 5.41) is 0. The third kappa shape index (κ3) is 2.91. The van der Waals surface area contributed by atoms with Gasteiger partial charge in [0.1, 0.15) is 5.82 Å². The lowest BCUT2D eigenvalue weighted by Crippen LogP contribution is -2.16. The largest absolute Gasteiger partial charge is 0.365 e. The van der Waals surface area contributed by atoms with Gasteiger partial charge in [0.15, 0.2) is 0 Å². The summed E-state index contributed by atoms with van der Waals surface area (Å²) in [5.41, 5.74) is 8.18. The van der Waals surface area contributed by atoms with Crippen molar-refractivity contribution in [2.75, 3.05) is 6.54 Å². The molecule has 1 fully saturated rings. The molecule has 98 valence electrons. The summed E-state index contributed by atoms with van der Waals surface area (Å²) in [6, 6.07) is 7.01. The third-order valence-electron chi connectivity index (χ3n) is 3.58. The van der Waals surface area contributed by atoms with Gasteiger partial charge in [0.2, 0.25) is 0 Å². The molecule has 1 saturated heterocycles. The van der Waals surface area contributed by atoms with E-state index in [1.807, 2.05) is 6.07 Å². The summed E-state index contributed by atoms with van der Waals surface area (Å²) in [5.74, 6) is -0.219. The molecule has 1 aromatic rings. The van der Waals surface area contributed by atoms with Gasteiger partial charge in [-0.25, -0.2) is 4.39 Å². The maximum Gasteiger partial charge on any atom is 0.123 e. The van der Waals surface area contributed by atoms with Crippen molar-refractivity contribution in [1.29, 1.82) is 0 Å². The summed E-state index contributed by atoms with van der Waals surface area (Å²) in [7, 11) is 0. The second kappa shape index (κ2) is 5.53. The van der Waals surface area contributed by atoms with E-state index in [0.717, 1.165) is 18.5 Å². The summed E-state index contributed by atoms with van der Waals surface area (Å²) in [4.78, 5) is 2.29. The molecule has 0 aliphatic carbocycles. The van der Waals surface area contributed by atoms with Crippen LogP contribution >= 0.6 is 0 Å². The first-order chi connectivity index (χ1) is 8.63. The maximum absolute atomic E-state index is 13.1. The van der Waals surface area contributed by atoms with E-state index in [0.29, 0.717) is 6.04 Å². The van der Waals surface area contributed by atoms with Crippen LogP contribution in [0.5, 0.6) is 0 Å². The Morgan fingerprint density at radius 2 is 2.28 bits per heavy atom. The Morgan fingerprint density at radius 3 is 2.94 bits per heavy atom. The highest BCUT2D eigenvalue weighted by Crippen LogP contribution is 2.35. The van der Waals surface area contributed by atoms with Crippen LogP contribution in [0.1, 0.15) is 37.8 Å². The standard InChI is InChI=1S/C15H21FN2/c1-3-5-15-11(2)18(15)9-8-14(17)12-6-4-7-13(16)10-12/h4,6-7,10,14-15H,2-3,5,8-9,17H2,1H3. The first kappa shape index (κ1) is 13.1. The number of hydrogen-bond acceptors (Lipinski definition) is 2. The lowest BCUT2D eigenvalue weighted by Gasteiger charge is -2.13. The predicted octanol–water partition coefficient (Wildman–Crippen LogP) is 3.21. The molecule has 2 N–H and O–H groups in total. The molecule has 1 aliphatic rings. The van der Waals surface area contributed by atoms with E-state index < -0.39 is 0 Å². The van der Waals surface area contributed by atoms with E-state index in [1.54, 1.807) is 6.07 Å². The van der Waals surface area contributed by atoms with Gasteiger partial charge >= 0.3 is 0 Å². The van der Waals surface area contributed by atoms with E-state index >= 15 is 0 Å². The highest BCUT2D eigenvalue weighted by atomic mass is 19.1. The highest BCUT2D eigenvalue weighted by Gasteiger charge is 2.36. The van der Waals surface area contributed by atoms with Gasteiger partial charge in [-0.3, -0.25) is 0 Å². The van der Waals surface area contributed by atoms with Crippen molar-refractivity contribution in [2.24, 2.45) is 5.73 Å². The topological polar surface area (TPSA) is 29.0 Å². The second-order valence-electron chi connectivity index (χ2n) is 4.94. The fourth-order valence-electron chi connectivity index (χ4n) is 2.41. The average Bonchev–Trinajstić information content (AvgIpc) is 2.96. The van der Waals surface area contributed by atoms with Crippen molar-refractivity contribution in [1.82, 2.24) is 4.90 Å². The zero-order valence-corrected chi connectivity index (χ0v) is 10.9. The quantitative estimate of drug-likeness (QED) is 0.783. The summed E-state index contributed by atoms with van der Waals surface area (Å²) in [6.45, 7) is 7.14. The number of rotatable bonds is 6. The van der Waals surface area contributed by atoms with Crippen LogP contribution in [-0.2, 0) is 0 Å². The number of hydrogen-bond donors (Lipinski definition) is 1. The van der Waals surface area contributed by atoms with Crippen molar-refractivity contribution >= 4 is 0 Å². The van der Waals surface area contributed by atoms with Crippen LogP contribution in [0.4, 0.5) is 4.39 Å². The van der Waals surface area contributed by atoms with Crippen LogP contribution in [0.15, 0.2) is 36.5 Å². The number of halogens is 1. The number of nitrogens with zero attached hydrogens (tertiary/aromatic N) is 1. The van der Waals surface area contributed by atoms with Crippen LogP contribution in [0.2, 0.25) is 0 Å². The van der Waals surface area contributed by atoms with Gasteiger partial charge in [0.05, 0.1) is 6.04 Å². The first-order valence-electron chi connectivity index (χ1n) is 6.60. The Hall–Kier alpha value is -1.35. The molecular weight excluding hydrogens is 227 g/mol. The summed E-state index contributed by atoms with van der Waals surface area (Å²) < 4.78 is 13.1. The lowest BCUT2D eigenvalue weighted by atomic mass is 10.0. The van der Waals surface area contributed by atoms with Gasteiger partial charge in [0.25, 0.3) is 0 Å². The highest BCUT2D eigenvalue weighted by molar-refractivity contribution is 5.24. The molecule has 1 heterocycles.